The van der Waals surface area contributed by atoms with Gasteiger partial charge in [0.2, 0.25) is 0 Å². The van der Waals surface area contributed by atoms with Crippen molar-refractivity contribution in [3.8, 4) is 0 Å². The first-order valence-corrected chi connectivity index (χ1v) is 8.06. The summed E-state index contributed by atoms with van der Waals surface area (Å²) in [5.74, 6) is 1.17. The van der Waals surface area contributed by atoms with Gasteiger partial charge in [0.05, 0.1) is 0 Å². The SMILES string of the molecule is CCNCC(c1ccccc1)N(C)C(C)CSC. The van der Waals surface area contributed by atoms with Gasteiger partial charge in [-0.3, -0.25) is 4.90 Å². The van der Waals surface area contributed by atoms with E-state index in [0.29, 0.717) is 12.1 Å². The van der Waals surface area contributed by atoms with Crippen molar-refractivity contribution in [1.82, 2.24) is 10.2 Å². The Morgan fingerprint density at radius 1 is 1.28 bits per heavy atom. The van der Waals surface area contributed by atoms with Gasteiger partial charge in [0.1, 0.15) is 0 Å². The number of nitrogens with zero attached hydrogens (tertiary/aromatic N) is 1. The van der Waals surface area contributed by atoms with Gasteiger partial charge in [0, 0.05) is 24.4 Å². The first kappa shape index (κ1) is 15.5. The number of hydrogen-bond donors (Lipinski definition) is 1. The Kier molecular flexibility index (Phi) is 7.40. The second-order valence-corrected chi connectivity index (χ2v) is 5.61. The lowest BCUT2D eigenvalue weighted by Crippen LogP contribution is -2.39. The van der Waals surface area contributed by atoms with Crippen LogP contribution in [0.25, 0.3) is 0 Å². The molecule has 2 atom stereocenters. The molecule has 0 amide bonds. The van der Waals surface area contributed by atoms with Gasteiger partial charge in [-0.2, -0.15) is 11.8 Å². The average Bonchev–Trinajstić information content (AvgIpc) is 2.40. The summed E-state index contributed by atoms with van der Waals surface area (Å²) in [7, 11) is 2.23. The van der Waals surface area contributed by atoms with Crippen molar-refractivity contribution in [3.63, 3.8) is 0 Å². The number of benzene rings is 1. The molecule has 0 bridgehead atoms. The largest absolute Gasteiger partial charge is 0.315 e. The zero-order valence-electron chi connectivity index (χ0n) is 12.0. The van der Waals surface area contributed by atoms with Crippen molar-refractivity contribution in [1.29, 1.82) is 0 Å². The second kappa shape index (κ2) is 8.57. The average molecular weight is 266 g/mol. The summed E-state index contributed by atoms with van der Waals surface area (Å²) in [4.78, 5) is 2.48. The standard InChI is InChI=1S/C15H26N2S/c1-5-16-11-15(14-9-7-6-8-10-14)17(3)13(2)12-18-4/h6-10,13,15-16H,5,11-12H2,1-4H3. The first-order valence-electron chi connectivity index (χ1n) is 6.67. The fourth-order valence-electron chi connectivity index (χ4n) is 2.12. The third-order valence-electron chi connectivity index (χ3n) is 3.37. The Hall–Kier alpha value is -0.510. The summed E-state index contributed by atoms with van der Waals surface area (Å²) in [6, 6.07) is 11.8. The summed E-state index contributed by atoms with van der Waals surface area (Å²) in [5, 5.41) is 3.48. The molecule has 0 saturated heterocycles. The molecule has 0 saturated carbocycles. The van der Waals surface area contributed by atoms with E-state index in [2.05, 4.69) is 67.7 Å². The monoisotopic (exact) mass is 266 g/mol. The summed E-state index contributed by atoms with van der Waals surface area (Å²) < 4.78 is 0. The maximum Gasteiger partial charge on any atom is 0.0472 e. The molecule has 0 radical (unpaired) electrons. The third kappa shape index (κ3) is 4.63. The first-order chi connectivity index (χ1) is 8.70. The number of rotatable bonds is 8. The molecule has 0 heterocycles. The van der Waals surface area contributed by atoms with Gasteiger partial charge in [0.15, 0.2) is 0 Å². The summed E-state index contributed by atoms with van der Waals surface area (Å²) >= 11 is 1.91. The Bertz CT molecular complexity index is 316. The predicted molar refractivity (Wildman–Crippen MR) is 83.3 cm³/mol. The highest BCUT2D eigenvalue weighted by Crippen LogP contribution is 2.21. The van der Waals surface area contributed by atoms with Crippen molar-refractivity contribution >= 4 is 11.8 Å². The molecule has 0 spiro atoms. The lowest BCUT2D eigenvalue weighted by molar-refractivity contribution is 0.195. The number of likely N-dealkylation sites (N-methyl/N-ethyl adjacent to an activating group) is 2. The van der Waals surface area contributed by atoms with Crippen LogP contribution in [0, 0.1) is 0 Å². The van der Waals surface area contributed by atoms with E-state index in [0.717, 1.165) is 13.1 Å². The molecule has 102 valence electrons. The van der Waals surface area contributed by atoms with Crippen LogP contribution in [0.1, 0.15) is 25.5 Å². The third-order valence-corrected chi connectivity index (χ3v) is 4.18. The molecular formula is C15H26N2S. The van der Waals surface area contributed by atoms with Crippen molar-refractivity contribution < 1.29 is 0 Å². The molecular weight excluding hydrogens is 240 g/mol. The maximum atomic E-state index is 3.48. The normalized spacial score (nSPS) is 14.7. The van der Waals surface area contributed by atoms with Crippen molar-refractivity contribution in [2.75, 3.05) is 32.1 Å². The molecule has 1 aromatic carbocycles. The highest BCUT2D eigenvalue weighted by atomic mass is 32.2. The molecule has 1 N–H and O–H groups in total. The summed E-state index contributed by atoms with van der Waals surface area (Å²) in [6.07, 6.45) is 2.17. The number of hydrogen-bond acceptors (Lipinski definition) is 3. The van der Waals surface area contributed by atoms with Crippen LogP contribution >= 0.6 is 11.8 Å². The quantitative estimate of drug-likeness (QED) is 0.778. The van der Waals surface area contributed by atoms with E-state index in [4.69, 9.17) is 0 Å². The van der Waals surface area contributed by atoms with Gasteiger partial charge >= 0.3 is 0 Å². The maximum absolute atomic E-state index is 3.48. The van der Waals surface area contributed by atoms with Gasteiger partial charge in [-0.25, -0.2) is 0 Å². The fraction of sp³-hybridized carbons (Fsp3) is 0.600. The summed E-state index contributed by atoms with van der Waals surface area (Å²) in [5.41, 5.74) is 1.40. The van der Waals surface area contributed by atoms with Gasteiger partial charge in [-0.1, -0.05) is 37.3 Å². The van der Waals surface area contributed by atoms with Crippen molar-refractivity contribution in [3.05, 3.63) is 35.9 Å². The molecule has 0 aliphatic rings. The highest BCUT2D eigenvalue weighted by molar-refractivity contribution is 7.98. The van der Waals surface area contributed by atoms with Gasteiger partial charge in [0.25, 0.3) is 0 Å². The smallest absolute Gasteiger partial charge is 0.0472 e. The van der Waals surface area contributed by atoms with Crippen molar-refractivity contribution in [2.24, 2.45) is 0 Å². The molecule has 2 unspecified atom stereocenters. The van der Waals surface area contributed by atoms with Gasteiger partial charge in [-0.05, 0) is 32.3 Å². The Balaban J connectivity index is 2.77. The van der Waals surface area contributed by atoms with E-state index < -0.39 is 0 Å². The molecule has 3 heteroatoms. The Morgan fingerprint density at radius 3 is 2.50 bits per heavy atom. The Labute approximate surface area is 116 Å². The number of thioether (sulfide) groups is 1. The molecule has 0 aliphatic carbocycles. The van der Waals surface area contributed by atoms with Crippen LogP contribution in [0.2, 0.25) is 0 Å². The van der Waals surface area contributed by atoms with E-state index in [1.807, 2.05) is 11.8 Å². The van der Waals surface area contributed by atoms with Gasteiger partial charge in [-0.15, -0.1) is 0 Å². The second-order valence-electron chi connectivity index (χ2n) is 4.70. The van der Waals surface area contributed by atoms with Crippen LogP contribution in [-0.4, -0.2) is 43.1 Å². The van der Waals surface area contributed by atoms with Crippen LogP contribution in [0.4, 0.5) is 0 Å². The lowest BCUT2D eigenvalue weighted by Gasteiger charge is -2.33. The minimum atomic E-state index is 0.452. The van der Waals surface area contributed by atoms with E-state index in [9.17, 15) is 0 Å². The van der Waals surface area contributed by atoms with Crippen LogP contribution in [0.5, 0.6) is 0 Å². The molecule has 2 nitrogen and oxygen atoms in total. The van der Waals surface area contributed by atoms with Crippen LogP contribution in [-0.2, 0) is 0 Å². The van der Waals surface area contributed by atoms with Crippen LogP contribution < -0.4 is 5.32 Å². The van der Waals surface area contributed by atoms with E-state index in [1.165, 1.54) is 11.3 Å². The van der Waals surface area contributed by atoms with Gasteiger partial charge < -0.3 is 5.32 Å². The minimum Gasteiger partial charge on any atom is -0.315 e. The lowest BCUT2D eigenvalue weighted by atomic mass is 10.0. The van der Waals surface area contributed by atoms with E-state index in [1.54, 1.807) is 0 Å². The van der Waals surface area contributed by atoms with Crippen LogP contribution in [0.15, 0.2) is 30.3 Å². The molecule has 1 rings (SSSR count). The van der Waals surface area contributed by atoms with E-state index in [-0.39, 0.29) is 0 Å². The number of nitrogens with one attached hydrogen (secondary N) is 1. The molecule has 1 aromatic rings. The molecule has 18 heavy (non-hydrogen) atoms. The summed E-state index contributed by atoms with van der Waals surface area (Å²) in [6.45, 7) is 6.50. The van der Waals surface area contributed by atoms with Crippen LogP contribution in [0.3, 0.4) is 0 Å². The fourth-order valence-corrected chi connectivity index (χ4v) is 2.84. The highest BCUT2D eigenvalue weighted by Gasteiger charge is 2.20. The molecule has 0 aromatic heterocycles. The predicted octanol–water partition coefficient (Wildman–Crippen LogP) is 3.02. The Morgan fingerprint density at radius 2 is 1.94 bits per heavy atom. The molecule has 0 fully saturated rings. The zero-order chi connectivity index (χ0) is 13.4. The van der Waals surface area contributed by atoms with Crippen molar-refractivity contribution in [2.45, 2.75) is 25.9 Å². The zero-order valence-corrected chi connectivity index (χ0v) is 12.8. The van der Waals surface area contributed by atoms with E-state index >= 15 is 0 Å². The molecule has 0 aliphatic heterocycles. The topological polar surface area (TPSA) is 15.3 Å². The minimum absolute atomic E-state index is 0.452.